The Labute approximate surface area is 143 Å². The highest BCUT2D eigenvalue weighted by molar-refractivity contribution is 6.30. The van der Waals surface area contributed by atoms with Gasteiger partial charge in [-0.3, -0.25) is 10.7 Å². The fraction of sp³-hybridized carbons (Fsp3) is 0. The van der Waals surface area contributed by atoms with E-state index in [1.165, 1.54) is 0 Å². The van der Waals surface area contributed by atoms with Crippen molar-refractivity contribution in [3.8, 4) is 0 Å². The molecule has 0 spiro atoms. The summed E-state index contributed by atoms with van der Waals surface area (Å²) >= 11 is 5.98. The van der Waals surface area contributed by atoms with E-state index in [1.807, 2.05) is 54.6 Å². The van der Waals surface area contributed by atoms with Gasteiger partial charge in [0.25, 0.3) is 0 Å². The van der Waals surface area contributed by atoms with Gasteiger partial charge in [-0.2, -0.15) is 0 Å². The maximum absolute atomic E-state index is 9.51. The zero-order valence-corrected chi connectivity index (χ0v) is 13.3. The van der Waals surface area contributed by atoms with Gasteiger partial charge >= 0.3 is 0 Å². The Morgan fingerprint density at radius 1 is 0.917 bits per heavy atom. The molecule has 0 saturated carbocycles. The van der Waals surface area contributed by atoms with Crippen molar-refractivity contribution >= 4 is 45.1 Å². The van der Waals surface area contributed by atoms with Crippen molar-refractivity contribution in [1.82, 2.24) is 5.48 Å². The molecule has 5 heteroatoms. The molecule has 24 heavy (non-hydrogen) atoms. The molecule has 4 rings (SSSR count). The number of amidine groups is 1. The normalized spacial score (nSPS) is 12.0. The maximum Gasteiger partial charge on any atom is 0.157 e. The molecular weight excluding hydrogens is 324 g/mol. The molecule has 1 aromatic heterocycles. The lowest BCUT2D eigenvalue weighted by atomic mass is 10.1. The van der Waals surface area contributed by atoms with Gasteiger partial charge in [0.15, 0.2) is 5.84 Å². The second kappa shape index (κ2) is 6.00. The van der Waals surface area contributed by atoms with E-state index in [2.05, 4.69) is 10.5 Å². The number of aliphatic imine (C=N–C) groups is 1. The number of hydrogen-bond donors (Lipinski definition) is 2. The molecule has 0 saturated heterocycles. The van der Waals surface area contributed by atoms with Crippen molar-refractivity contribution in [1.29, 1.82) is 0 Å². The zero-order valence-electron chi connectivity index (χ0n) is 12.5. The first-order valence-corrected chi connectivity index (χ1v) is 7.78. The van der Waals surface area contributed by atoms with Crippen LogP contribution in [0.4, 0.5) is 5.69 Å². The topological polar surface area (TPSA) is 57.8 Å². The summed E-state index contributed by atoms with van der Waals surface area (Å²) in [7, 11) is 0. The van der Waals surface area contributed by atoms with E-state index in [1.54, 1.807) is 12.1 Å². The van der Waals surface area contributed by atoms with Crippen LogP contribution in [0.25, 0.3) is 21.9 Å². The van der Waals surface area contributed by atoms with Crippen LogP contribution in [-0.2, 0) is 0 Å². The number of rotatable bonds is 2. The summed E-state index contributed by atoms with van der Waals surface area (Å²) in [6, 6.07) is 20.6. The summed E-state index contributed by atoms with van der Waals surface area (Å²) in [5, 5.41) is 12.1. The number of furan rings is 1. The van der Waals surface area contributed by atoms with E-state index in [0.29, 0.717) is 16.5 Å². The Morgan fingerprint density at radius 2 is 1.75 bits per heavy atom. The Bertz CT molecular complexity index is 1070. The van der Waals surface area contributed by atoms with Gasteiger partial charge in [0.05, 0.1) is 5.69 Å². The van der Waals surface area contributed by atoms with Gasteiger partial charge in [0, 0.05) is 21.4 Å². The molecular formula is C19H13ClN2O2. The largest absolute Gasteiger partial charge is 0.456 e. The molecule has 1 heterocycles. The number of halogens is 1. The van der Waals surface area contributed by atoms with Gasteiger partial charge in [-0.1, -0.05) is 35.9 Å². The molecule has 0 unspecified atom stereocenters. The molecule has 0 aliphatic heterocycles. The number of fused-ring (bicyclic) bond motifs is 3. The van der Waals surface area contributed by atoms with E-state index in [9.17, 15) is 5.21 Å². The fourth-order valence-corrected chi connectivity index (χ4v) is 2.89. The van der Waals surface area contributed by atoms with Crippen LogP contribution in [0.15, 0.2) is 76.1 Å². The molecule has 2 N–H and O–H groups in total. The van der Waals surface area contributed by atoms with Gasteiger partial charge in [0.2, 0.25) is 0 Å². The molecule has 0 amide bonds. The minimum atomic E-state index is 0.337. The predicted octanol–water partition coefficient (Wildman–Crippen LogP) is 5.30. The molecule has 0 aliphatic carbocycles. The molecule has 4 nitrogen and oxygen atoms in total. The molecule has 0 radical (unpaired) electrons. The lowest BCUT2D eigenvalue weighted by Gasteiger charge is -2.05. The molecule has 0 atom stereocenters. The minimum absolute atomic E-state index is 0.337. The van der Waals surface area contributed by atoms with Crippen LogP contribution in [-0.4, -0.2) is 11.0 Å². The SMILES string of the molecule is ONC(=Nc1cccc(Cl)c1)c1ccc2oc3ccccc3c2c1. The molecule has 3 aromatic carbocycles. The lowest BCUT2D eigenvalue weighted by Crippen LogP contribution is -2.19. The zero-order chi connectivity index (χ0) is 16.5. The van der Waals surface area contributed by atoms with Crippen LogP contribution in [0.3, 0.4) is 0 Å². The molecule has 0 aliphatic rings. The first-order chi connectivity index (χ1) is 11.7. The summed E-state index contributed by atoms with van der Waals surface area (Å²) in [5.41, 5.74) is 5.18. The standard InChI is InChI=1S/C19H13ClN2O2/c20-13-4-3-5-14(11-13)21-19(22-23)12-8-9-18-16(10-12)15-6-1-2-7-17(15)24-18/h1-11,23H,(H,21,22). The third kappa shape index (κ3) is 2.62. The van der Waals surface area contributed by atoms with Crippen LogP contribution >= 0.6 is 11.6 Å². The second-order valence-electron chi connectivity index (χ2n) is 5.36. The average molecular weight is 337 g/mol. The monoisotopic (exact) mass is 336 g/mol. The molecule has 118 valence electrons. The highest BCUT2D eigenvalue weighted by atomic mass is 35.5. The number of nitrogens with zero attached hydrogens (tertiary/aromatic N) is 1. The predicted molar refractivity (Wildman–Crippen MR) is 96.3 cm³/mol. The Hall–Kier alpha value is -2.82. The summed E-state index contributed by atoms with van der Waals surface area (Å²) in [6.07, 6.45) is 0. The highest BCUT2D eigenvalue weighted by Crippen LogP contribution is 2.29. The average Bonchev–Trinajstić information content (AvgIpc) is 2.97. The fourth-order valence-electron chi connectivity index (χ4n) is 2.70. The Morgan fingerprint density at radius 3 is 2.58 bits per heavy atom. The van der Waals surface area contributed by atoms with Gasteiger partial charge in [-0.05, 0) is 42.5 Å². The number of nitrogens with one attached hydrogen (secondary N) is 1. The van der Waals surface area contributed by atoms with Crippen molar-refractivity contribution in [3.05, 3.63) is 77.3 Å². The van der Waals surface area contributed by atoms with Crippen molar-refractivity contribution in [2.24, 2.45) is 4.99 Å². The lowest BCUT2D eigenvalue weighted by molar-refractivity contribution is 0.235. The first-order valence-electron chi connectivity index (χ1n) is 7.40. The molecule has 0 fully saturated rings. The maximum atomic E-state index is 9.51. The molecule has 0 bridgehead atoms. The van der Waals surface area contributed by atoms with Crippen molar-refractivity contribution < 1.29 is 9.62 Å². The van der Waals surface area contributed by atoms with E-state index in [4.69, 9.17) is 16.0 Å². The quantitative estimate of drug-likeness (QED) is 0.297. The van der Waals surface area contributed by atoms with Crippen LogP contribution in [0.5, 0.6) is 0 Å². The number of benzene rings is 3. The molecule has 4 aromatic rings. The minimum Gasteiger partial charge on any atom is -0.456 e. The summed E-state index contributed by atoms with van der Waals surface area (Å²) in [4.78, 5) is 4.42. The van der Waals surface area contributed by atoms with Crippen LogP contribution in [0.1, 0.15) is 5.56 Å². The smallest absolute Gasteiger partial charge is 0.157 e. The van der Waals surface area contributed by atoms with E-state index in [-0.39, 0.29) is 0 Å². The van der Waals surface area contributed by atoms with E-state index in [0.717, 1.165) is 27.5 Å². The van der Waals surface area contributed by atoms with Crippen molar-refractivity contribution in [2.75, 3.05) is 0 Å². The second-order valence-corrected chi connectivity index (χ2v) is 5.80. The summed E-state index contributed by atoms with van der Waals surface area (Å²) in [5.74, 6) is 0.337. The van der Waals surface area contributed by atoms with Gasteiger partial charge in [0.1, 0.15) is 11.2 Å². The Kier molecular flexibility index (Phi) is 3.69. The third-order valence-corrected chi connectivity index (χ3v) is 4.04. The highest BCUT2D eigenvalue weighted by Gasteiger charge is 2.10. The van der Waals surface area contributed by atoms with E-state index >= 15 is 0 Å². The summed E-state index contributed by atoms with van der Waals surface area (Å²) in [6.45, 7) is 0. The first kappa shape index (κ1) is 14.8. The number of hydroxylamine groups is 1. The number of hydrogen-bond acceptors (Lipinski definition) is 3. The van der Waals surface area contributed by atoms with Gasteiger partial charge in [-0.15, -0.1) is 0 Å². The Balaban J connectivity index is 1.85. The van der Waals surface area contributed by atoms with Crippen molar-refractivity contribution in [3.63, 3.8) is 0 Å². The van der Waals surface area contributed by atoms with Gasteiger partial charge < -0.3 is 4.42 Å². The van der Waals surface area contributed by atoms with Gasteiger partial charge in [-0.25, -0.2) is 4.99 Å². The third-order valence-electron chi connectivity index (χ3n) is 3.81. The number of para-hydroxylation sites is 1. The van der Waals surface area contributed by atoms with Crippen molar-refractivity contribution in [2.45, 2.75) is 0 Å². The summed E-state index contributed by atoms with van der Waals surface area (Å²) < 4.78 is 5.81. The van der Waals surface area contributed by atoms with Crippen LogP contribution in [0, 0.1) is 0 Å². The van der Waals surface area contributed by atoms with Crippen LogP contribution < -0.4 is 5.48 Å². The van der Waals surface area contributed by atoms with Crippen LogP contribution in [0.2, 0.25) is 5.02 Å². The van der Waals surface area contributed by atoms with E-state index < -0.39 is 0 Å².